The number of carbonyl (C=O) groups is 1. The summed E-state index contributed by atoms with van der Waals surface area (Å²) in [5, 5.41) is 2.74. The molecule has 3 aromatic rings. The highest BCUT2D eigenvalue weighted by atomic mass is 19.4. The molecule has 134 valence electrons. The Balaban J connectivity index is 2.05. The van der Waals surface area contributed by atoms with Gasteiger partial charge in [0, 0.05) is 30.2 Å². The van der Waals surface area contributed by atoms with E-state index in [1.807, 2.05) is 6.92 Å². The molecule has 2 aromatic heterocycles. The minimum atomic E-state index is -4.39. The monoisotopic (exact) mass is 359 g/mol. The van der Waals surface area contributed by atoms with Crippen LogP contribution in [0.15, 0.2) is 54.9 Å². The number of benzene rings is 1. The molecular formula is C19H16F3N3O. The first-order valence-corrected chi connectivity index (χ1v) is 7.99. The van der Waals surface area contributed by atoms with Crippen LogP contribution in [0, 0.1) is 0 Å². The van der Waals surface area contributed by atoms with E-state index in [9.17, 15) is 18.0 Å². The van der Waals surface area contributed by atoms with Crippen molar-refractivity contribution in [3.05, 3.63) is 66.0 Å². The van der Waals surface area contributed by atoms with Crippen molar-refractivity contribution in [2.45, 2.75) is 13.1 Å². The topological polar surface area (TPSA) is 57.8 Å². The number of carbonyl (C=O) groups excluding carboxylic acids is 1. The number of nitrogens with zero attached hydrogens (tertiary/aromatic N) is 1. The molecule has 0 aliphatic rings. The maximum atomic E-state index is 12.7. The normalized spacial score (nSPS) is 11.4. The Bertz CT molecular complexity index is 900. The van der Waals surface area contributed by atoms with Gasteiger partial charge in [-0.15, -0.1) is 0 Å². The fourth-order valence-corrected chi connectivity index (χ4v) is 2.63. The van der Waals surface area contributed by atoms with Gasteiger partial charge < -0.3 is 10.3 Å². The van der Waals surface area contributed by atoms with Crippen LogP contribution in [-0.2, 0) is 6.18 Å². The van der Waals surface area contributed by atoms with Crippen LogP contribution in [0.3, 0.4) is 0 Å². The smallest absolute Gasteiger partial charge is 0.354 e. The van der Waals surface area contributed by atoms with Crippen molar-refractivity contribution >= 4 is 5.91 Å². The maximum Gasteiger partial charge on any atom is 0.416 e. The van der Waals surface area contributed by atoms with Crippen LogP contribution in [-0.4, -0.2) is 22.4 Å². The fraction of sp³-hybridized carbons (Fsp3) is 0.158. The highest BCUT2D eigenvalue weighted by molar-refractivity contribution is 6.01. The Hall–Kier alpha value is -3.09. The number of H-pyrrole nitrogens is 1. The first kappa shape index (κ1) is 17.7. The number of amides is 1. The Morgan fingerprint density at radius 1 is 1.08 bits per heavy atom. The number of nitrogens with one attached hydrogen (secondary N) is 2. The van der Waals surface area contributed by atoms with Crippen molar-refractivity contribution in [3.8, 4) is 22.5 Å². The van der Waals surface area contributed by atoms with E-state index in [1.165, 1.54) is 12.1 Å². The lowest BCUT2D eigenvalue weighted by molar-refractivity contribution is -0.137. The summed E-state index contributed by atoms with van der Waals surface area (Å²) in [4.78, 5) is 19.5. The SMILES string of the molecule is CCNC(=O)c1cc(-c2ccc(C(F)(F)F)cc2)[nH]c1-c1ccncc1. The third-order valence-electron chi connectivity index (χ3n) is 3.89. The highest BCUT2D eigenvalue weighted by Gasteiger charge is 2.30. The second kappa shape index (κ2) is 7.03. The van der Waals surface area contributed by atoms with Gasteiger partial charge in [0.2, 0.25) is 0 Å². The first-order chi connectivity index (χ1) is 12.4. The van der Waals surface area contributed by atoms with Crippen LogP contribution in [0.4, 0.5) is 13.2 Å². The van der Waals surface area contributed by atoms with Crippen molar-refractivity contribution in [3.63, 3.8) is 0 Å². The molecule has 0 spiro atoms. The van der Waals surface area contributed by atoms with Gasteiger partial charge in [0.25, 0.3) is 5.91 Å². The van der Waals surface area contributed by atoms with Gasteiger partial charge >= 0.3 is 6.18 Å². The molecule has 4 nitrogen and oxygen atoms in total. The van der Waals surface area contributed by atoms with Crippen LogP contribution in [0.5, 0.6) is 0 Å². The number of halogens is 3. The zero-order valence-electron chi connectivity index (χ0n) is 13.9. The Labute approximate surface area is 148 Å². The summed E-state index contributed by atoms with van der Waals surface area (Å²) in [7, 11) is 0. The number of rotatable bonds is 4. The zero-order chi connectivity index (χ0) is 18.7. The molecule has 26 heavy (non-hydrogen) atoms. The second-order valence-corrected chi connectivity index (χ2v) is 5.64. The standard InChI is InChI=1S/C19H16F3N3O/c1-2-24-18(26)15-11-16(25-17(15)13-7-9-23-10-8-13)12-3-5-14(6-4-12)19(20,21)22/h3-11,25H,2H2,1H3,(H,24,26). The van der Waals surface area contributed by atoms with Gasteiger partial charge in [-0.05, 0) is 42.8 Å². The average molecular weight is 359 g/mol. The second-order valence-electron chi connectivity index (χ2n) is 5.64. The number of hydrogen-bond donors (Lipinski definition) is 2. The van der Waals surface area contributed by atoms with Crippen molar-refractivity contribution in [2.75, 3.05) is 6.54 Å². The van der Waals surface area contributed by atoms with Gasteiger partial charge in [-0.25, -0.2) is 0 Å². The van der Waals surface area contributed by atoms with E-state index in [-0.39, 0.29) is 5.91 Å². The molecule has 2 heterocycles. The van der Waals surface area contributed by atoms with Gasteiger partial charge in [-0.1, -0.05) is 12.1 Å². The summed E-state index contributed by atoms with van der Waals surface area (Å²) >= 11 is 0. The Morgan fingerprint density at radius 2 is 1.73 bits per heavy atom. The Kier molecular flexibility index (Phi) is 4.79. The molecule has 0 saturated heterocycles. The zero-order valence-corrected chi connectivity index (χ0v) is 13.9. The minimum Gasteiger partial charge on any atom is -0.354 e. The molecule has 0 atom stereocenters. The van der Waals surface area contributed by atoms with E-state index in [1.54, 1.807) is 30.6 Å². The minimum absolute atomic E-state index is 0.256. The largest absolute Gasteiger partial charge is 0.416 e. The molecule has 0 saturated carbocycles. The molecule has 3 rings (SSSR count). The van der Waals surface area contributed by atoms with Crippen molar-refractivity contribution in [1.29, 1.82) is 0 Å². The number of aromatic amines is 1. The third-order valence-corrected chi connectivity index (χ3v) is 3.89. The number of pyridine rings is 1. The number of aromatic nitrogens is 2. The molecule has 7 heteroatoms. The molecule has 0 fully saturated rings. The average Bonchev–Trinajstić information content (AvgIpc) is 3.07. The van der Waals surface area contributed by atoms with E-state index < -0.39 is 11.7 Å². The molecule has 1 amide bonds. The van der Waals surface area contributed by atoms with Crippen molar-refractivity contribution in [2.24, 2.45) is 0 Å². The molecule has 0 bridgehead atoms. The summed E-state index contributed by atoms with van der Waals surface area (Å²) in [6.07, 6.45) is -1.17. The third kappa shape index (κ3) is 3.61. The van der Waals surface area contributed by atoms with Crippen molar-refractivity contribution in [1.82, 2.24) is 15.3 Å². The number of alkyl halides is 3. The summed E-state index contributed by atoms with van der Waals surface area (Å²) in [6, 6.07) is 9.96. The highest BCUT2D eigenvalue weighted by Crippen LogP contribution is 2.32. The number of hydrogen-bond acceptors (Lipinski definition) is 2. The molecule has 0 radical (unpaired) electrons. The summed E-state index contributed by atoms with van der Waals surface area (Å²) in [6.45, 7) is 2.28. The molecule has 0 aliphatic carbocycles. The van der Waals surface area contributed by atoms with Crippen LogP contribution in [0.1, 0.15) is 22.8 Å². The van der Waals surface area contributed by atoms with E-state index in [0.29, 0.717) is 29.1 Å². The Morgan fingerprint density at radius 3 is 2.31 bits per heavy atom. The molecule has 0 unspecified atom stereocenters. The van der Waals surface area contributed by atoms with Crippen LogP contribution in [0.25, 0.3) is 22.5 Å². The van der Waals surface area contributed by atoms with Gasteiger partial charge in [0.15, 0.2) is 0 Å². The maximum absolute atomic E-state index is 12.7. The fourth-order valence-electron chi connectivity index (χ4n) is 2.63. The molecular weight excluding hydrogens is 343 g/mol. The van der Waals surface area contributed by atoms with E-state index >= 15 is 0 Å². The van der Waals surface area contributed by atoms with E-state index in [2.05, 4.69) is 15.3 Å². The van der Waals surface area contributed by atoms with Gasteiger partial charge in [-0.3, -0.25) is 9.78 Å². The lowest BCUT2D eigenvalue weighted by Gasteiger charge is -2.07. The lowest BCUT2D eigenvalue weighted by Crippen LogP contribution is -2.22. The summed E-state index contributed by atoms with van der Waals surface area (Å²) in [5.41, 5.74) is 2.18. The molecule has 1 aromatic carbocycles. The predicted octanol–water partition coefficient (Wildman–Crippen LogP) is 4.51. The predicted molar refractivity (Wildman–Crippen MR) is 92.5 cm³/mol. The van der Waals surface area contributed by atoms with Gasteiger partial charge in [0.1, 0.15) is 0 Å². The van der Waals surface area contributed by atoms with Gasteiger partial charge in [-0.2, -0.15) is 13.2 Å². The van der Waals surface area contributed by atoms with E-state index in [4.69, 9.17) is 0 Å². The summed E-state index contributed by atoms with van der Waals surface area (Å²) < 4.78 is 38.2. The molecule has 2 N–H and O–H groups in total. The van der Waals surface area contributed by atoms with Crippen molar-refractivity contribution < 1.29 is 18.0 Å². The van der Waals surface area contributed by atoms with Crippen LogP contribution >= 0.6 is 0 Å². The van der Waals surface area contributed by atoms with E-state index in [0.717, 1.165) is 17.7 Å². The quantitative estimate of drug-likeness (QED) is 0.720. The first-order valence-electron chi connectivity index (χ1n) is 7.99. The summed E-state index contributed by atoms with van der Waals surface area (Å²) in [5.74, 6) is -0.256. The van der Waals surface area contributed by atoms with Gasteiger partial charge in [0.05, 0.1) is 16.8 Å². The lowest BCUT2D eigenvalue weighted by atomic mass is 10.1. The van der Waals surface area contributed by atoms with Crippen LogP contribution in [0.2, 0.25) is 0 Å². The molecule has 0 aliphatic heterocycles. The van der Waals surface area contributed by atoms with Crippen LogP contribution < -0.4 is 5.32 Å².